The largest absolute Gasteiger partial charge is 0.489 e. The Balaban J connectivity index is 2.13. The van der Waals surface area contributed by atoms with Gasteiger partial charge in [0.2, 0.25) is 0 Å². The summed E-state index contributed by atoms with van der Waals surface area (Å²) in [6.07, 6.45) is 0. The number of halogens is 3. The molecule has 0 radical (unpaired) electrons. The summed E-state index contributed by atoms with van der Waals surface area (Å²) in [5.74, 6) is 0.571. The number of hydrogen-bond donors (Lipinski definition) is 1. The van der Waals surface area contributed by atoms with E-state index in [4.69, 9.17) is 22.1 Å². The monoisotopic (exact) mass is 299 g/mol. The van der Waals surface area contributed by atoms with Gasteiger partial charge in [0.1, 0.15) is 18.1 Å². The highest BCUT2D eigenvalue weighted by Gasteiger charge is 2.11. The van der Waals surface area contributed by atoms with Crippen LogP contribution in [0.4, 0.5) is 14.5 Å². The lowest BCUT2D eigenvalue weighted by Gasteiger charge is -2.12. The fourth-order valence-corrected chi connectivity index (χ4v) is 1.83. The summed E-state index contributed by atoms with van der Waals surface area (Å²) in [4.78, 5) is 0. The molecular weight excluding hydrogens is 288 g/mol. The molecule has 0 aliphatic rings. The molecular formula is C14H12ClF2NO2. The Bertz CT molecular complexity index is 593. The van der Waals surface area contributed by atoms with Crippen molar-refractivity contribution in [2.24, 2.45) is 0 Å². The van der Waals surface area contributed by atoms with Crippen molar-refractivity contribution >= 4 is 17.3 Å². The summed E-state index contributed by atoms with van der Waals surface area (Å²) in [7, 11) is 0. The molecule has 0 saturated heterocycles. The zero-order chi connectivity index (χ0) is 14.5. The van der Waals surface area contributed by atoms with E-state index in [1.807, 2.05) is 0 Å². The van der Waals surface area contributed by atoms with Crippen molar-refractivity contribution in [1.29, 1.82) is 0 Å². The molecule has 0 aromatic heterocycles. The van der Waals surface area contributed by atoms with Crippen LogP contribution in [-0.2, 0) is 6.61 Å². The quantitative estimate of drug-likeness (QED) is 0.845. The minimum atomic E-state index is -2.90. The summed E-state index contributed by atoms with van der Waals surface area (Å²) in [6, 6.07) is 11.2. The van der Waals surface area contributed by atoms with Gasteiger partial charge < -0.3 is 15.2 Å². The molecule has 0 aliphatic heterocycles. The molecule has 0 atom stereocenters. The van der Waals surface area contributed by atoms with Crippen LogP contribution in [0, 0.1) is 0 Å². The highest BCUT2D eigenvalue weighted by atomic mass is 35.5. The van der Waals surface area contributed by atoms with Gasteiger partial charge in [0.05, 0.1) is 0 Å². The molecule has 20 heavy (non-hydrogen) atoms. The highest BCUT2D eigenvalue weighted by molar-refractivity contribution is 6.30. The molecule has 0 heterocycles. The summed E-state index contributed by atoms with van der Waals surface area (Å²) in [6.45, 7) is -2.85. The Morgan fingerprint density at radius 1 is 1.15 bits per heavy atom. The Kier molecular flexibility index (Phi) is 4.63. The number of rotatable bonds is 5. The van der Waals surface area contributed by atoms with E-state index in [1.54, 1.807) is 24.3 Å². The van der Waals surface area contributed by atoms with Gasteiger partial charge >= 0.3 is 6.61 Å². The first-order chi connectivity index (χ1) is 9.54. The number of hydrogen-bond acceptors (Lipinski definition) is 3. The molecule has 0 aliphatic carbocycles. The predicted molar refractivity (Wildman–Crippen MR) is 73.3 cm³/mol. The van der Waals surface area contributed by atoms with Crippen molar-refractivity contribution in [3.8, 4) is 11.5 Å². The second-order valence-electron chi connectivity index (χ2n) is 3.99. The molecule has 0 spiro atoms. The Labute approximate surface area is 119 Å². The van der Waals surface area contributed by atoms with Crippen LogP contribution in [0.25, 0.3) is 0 Å². The first kappa shape index (κ1) is 14.4. The predicted octanol–water partition coefficient (Wildman–Crippen LogP) is 4.10. The van der Waals surface area contributed by atoms with E-state index in [2.05, 4.69) is 4.74 Å². The molecule has 3 nitrogen and oxygen atoms in total. The topological polar surface area (TPSA) is 44.5 Å². The van der Waals surface area contributed by atoms with Gasteiger partial charge in [-0.15, -0.1) is 0 Å². The zero-order valence-electron chi connectivity index (χ0n) is 10.4. The van der Waals surface area contributed by atoms with Gasteiger partial charge in [0.25, 0.3) is 0 Å². The summed E-state index contributed by atoms with van der Waals surface area (Å²) in [5, 5.41) is 0.415. The average molecular weight is 300 g/mol. The van der Waals surface area contributed by atoms with E-state index < -0.39 is 6.61 Å². The molecule has 2 N–H and O–H groups in total. The molecule has 0 saturated carbocycles. The molecule has 0 unspecified atom stereocenters. The van der Waals surface area contributed by atoms with Crippen molar-refractivity contribution in [2.75, 3.05) is 5.73 Å². The van der Waals surface area contributed by atoms with Gasteiger partial charge in [-0.2, -0.15) is 8.78 Å². The lowest BCUT2D eigenvalue weighted by molar-refractivity contribution is -0.0508. The third-order valence-corrected chi connectivity index (χ3v) is 2.73. The van der Waals surface area contributed by atoms with Gasteiger partial charge in [0.15, 0.2) is 0 Å². The first-order valence-electron chi connectivity index (χ1n) is 5.76. The smallest absolute Gasteiger partial charge is 0.387 e. The van der Waals surface area contributed by atoms with Crippen molar-refractivity contribution in [2.45, 2.75) is 13.2 Å². The fraction of sp³-hybridized carbons (Fsp3) is 0.143. The SMILES string of the molecule is Nc1cccc(OCc2cc(Cl)ccc2OC(F)F)c1. The first-order valence-corrected chi connectivity index (χ1v) is 6.14. The highest BCUT2D eigenvalue weighted by Crippen LogP contribution is 2.26. The lowest BCUT2D eigenvalue weighted by Crippen LogP contribution is -2.06. The maximum absolute atomic E-state index is 12.3. The molecule has 0 fully saturated rings. The van der Waals surface area contributed by atoms with Crippen LogP contribution >= 0.6 is 11.6 Å². The van der Waals surface area contributed by atoms with Gasteiger partial charge in [-0.1, -0.05) is 17.7 Å². The fourth-order valence-electron chi connectivity index (χ4n) is 1.64. The van der Waals surface area contributed by atoms with E-state index in [0.717, 1.165) is 0 Å². The maximum Gasteiger partial charge on any atom is 0.387 e. The number of alkyl halides is 2. The van der Waals surface area contributed by atoms with Crippen LogP contribution in [0.3, 0.4) is 0 Å². The molecule has 6 heteroatoms. The Hall–Kier alpha value is -2.01. The second-order valence-corrected chi connectivity index (χ2v) is 4.43. The van der Waals surface area contributed by atoms with E-state index in [-0.39, 0.29) is 12.4 Å². The van der Waals surface area contributed by atoms with Crippen LogP contribution in [0.1, 0.15) is 5.56 Å². The van der Waals surface area contributed by atoms with E-state index in [1.165, 1.54) is 18.2 Å². The molecule has 2 aromatic rings. The molecule has 0 amide bonds. The van der Waals surface area contributed by atoms with Crippen LogP contribution in [0.2, 0.25) is 5.02 Å². The molecule has 106 valence electrons. The zero-order valence-corrected chi connectivity index (χ0v) is 11.1. The maximum atomic E-state index is 12.3. The standard InChI is InChI=1S/C14H12ClF2NO2/c15-10-4-5-13(20-14(16)17)9(6-10)8-19-12-3-1-2-11(18)7-12/h1-7,14H,8,18H2. The Morgan fingerprint density at radius 3 is 2.65 bits per heavy atom. The van der Waals surface area contributed by atoms with Crippen LogP contribution in [0.5, 0.6) is 11.5 Å². The van der Waals surface area contributed by atoms with Crippen molar-refractivity contribution in [3.05, 3.63) is 53.1 Å². The van der Waals surface area contributed by atoms with E-state index in [0.29, 0.717) is 22.0 Å². The summed E-state index contributed by atoms with van der Waals surface area (Å²) >= 11 is 5.84. The number of nitrogens with two attached hydrogens (primary N) is 1. The normalized spacial score (nSPS) is 10.6. The number of benzene rings is 2. The summed E-state index contributed by atoms with van der Waals surface area (Å²) < 4.78 is 34.5. The van der Waals surface area contributed by atoms with Gasteiger partial charge in [-0.05, 0) is 30.3 Å². The third kappa shape index (κ3) is 3.99. The van der Waals surface area contributed by atoms with Gasteiger partial charge in [-0.3, -0.25) is 0 Å². The van der Waals surface area contributed by atoms with Crippen LogP contribution in [0.15, 0.2) is 42.5 Å². The second kappa shape index (κ2) is 6.43. The van der Waals surface area contributed by atoms with Crippen molar-refractivity contribution in [3.63, 3.8) is 0 Å². The minimum absolute atomic E-state index is 0.0355. The molecule has 2 aromatic carbocycles. The summed E-state index contributed by atoms with van der Waals surface area (Å²) in [5.41, 5.74) is 6.61. The van der Waals surface area contributed by atoms with Gasteiger partial charge in [0, 0.05) is 22.3 Å². The number of nitrogen functional groups attached to an aromatic ring is 1. The Morgan fingerprint density at radius 2 is 1.95 bits per heavy atom. The number of anilines is 1. The average Bonchev–Trinajstić information content (AvgIpc) is 2.39. The minimum Gasteiger partial charge on any atom is -0.489 e. The third-order valence-electron chi connectivity index (χ3n) is 2.49. The lowest BCUT2D eigenvalue weighted by atomic mass is 10.2. The van der Waals surface area contributed by atoms with E-state index >= 15 is 0 Å². The van der Waals surface area contributed by atoms with Gasteiger partial charge in [-0.25, -0.2) is 0 Å². The molecule has 2 rings (SSSR count). The number of ether oxygens (including phenoxy) is 2. The van der Waals surface area contributed by atoms with E-state index in [9.17, 15) is 8.78 Å². The van der Waals surface area contributed by atoms with Crippen molar-refractivity contribution < 1.29 is 18.3 Å². The van der Waals surface area contributed by atoms with Crippen molar-refractivity contribution in [1.82, 2.24) is 0 Å². The van der Waals surface area contributed by atoms with Crippen LogP contribution < -0.4 is 15.2 Å². The molecule has 0 bridgehead atoms. The van der Waals surface area contributed by atoms with Crippen LogP contribution in [-0.4, -0.2) is 6.61 Å².